The molecule has 2 N–H and O–H groups in total. The average molecular weight is 283 g/mol. The Morgan fingerprint density at radius 3 is 2.76 bits per heavy atom. The molecule has 2 aromatic rings. The van der Waals surface area contributed by atoms with Gasteiger partial charge in [0, 0.05) is 12.2 Å². The lowest BCUT2D eigenvalue weighted by Gasteiger charge is -2.12. The van der Waals surface area contributed by atoms with Gasteiger partial charge in [-0.1, -0.05) is 6.07 Å². The third-order valence-corrected chi connectivity index (χ3v) is 3.78. The first-order valence-electron chi connectivity index (χ1n) is 7.11. The summed E-state index contributed by atoms with van der Waals surface area (Å²) in [6.07, 6.45) is 3.96. The highest BCUT2D eigenvalue weighted by atomic mass is 16.2. The van der Waals surface area contributed by atoms with Crippen LogP contribution >= 0.6 is 0 Å². The SMILES string of the molecule is C[C@@H](NC(=O)c1ccc(-c2ccccn2)[nH]c1=O)C1CC1. The minimum Gasteiger partial charge on any atom is -0.349 e. The van der Waals surface area contributed by atoms with Gasteiger partial charge < -0.3 is 10.3 Å². The van der Waals surface area contributed by atoms with Crippen LogP contribution in [0.25, 0.3) is 11.4 Å². The number of nitrogens with zero attached hydrogens (tertiary/aromatic N) is 1. The predicted molar refractivity (Wildman–Crippen MR) is 79.9 cm³/mol. The Bertz CT molecular complexity index is 705. The van der Waals surface area contributed by atoms with E-state index in [9.17, 15) is 9.59 Å². The van der Waals surface area contributed by atoms with Gasteiger partial charge in [-0.2, -0.15) is 0 Å². The van der Waals surface area contributed by atoms with Crippen LogP contribution in [0, 0.1) is 5.92 Å². The van der Waals surface area contributed by atoms with Crippen molar-refractivity contribution in [1.82, 2.24) is 15.3 Å². The van der Waals surface area contributed by atoms with Crippen molar-refractivity contribution in [2.75, 3.05) is 0 Å². The Kier molecular flexibility index (Phi) is 3.56. The molecular formula is C16H17N3O2. The number of nitrogens with one attached hydrogen (secondary N) is 2. The Hall–Kier alpha value is -2.43. The predicted octanol–water partition coefficient (Wildman–Crippen LogP) is 1.97. The number of carbonyl (C=O) groups is 1. The van der Waals surface area contributed by atoms with Crippen LogP contribution in [-0.2, 0) is 0 Å². The van der Waals surface area contributed by atoms with E-state index in [-0.39, 0.29) is 17.5 Å². The Labute approximate surface area is 122 Å². The second-order valence-corrected chi connectivity index (χ2v) is 5.43. The fraction of sp³-hybridized carbons (Fsp3) is 0.312. The summed E-state index contributed by atoms with van der Waals surface area (Å²) < 4.78 is 0. The summed E-state index contributed by atoms with van der Waals surface area (Å²) >= 11 is 0. The normalized spacial score (nSPS) is 15.5. The standard InChI is InChI=1S/C16H17N3O2/c1-10(11-5-6-11)18-15(20)12-7-8-14(19-16(12)21)13-4-2-3-9-17-13/h2-4,7-11H,5-6H2,1H3,(H,18,20)(H,19,21)/t10-/m1/s1. The molecule has 2 heterocycles. The van der Waals surface area contributed by atoms with Gasteiger partial charge in [-0.25, -0.2) is 0 Å². The Balaban J connectivity index is 1.81. The first-order valence-corrected chi connectivity index (χ1v) is 7.11. The number of H-pyrrole nitrogens is 1. The minimum absolute atomic E-state index is 0.118. The van der Waals surface area contributed by atoms with Crippen molar-refractivity contribution in [2.45, 2.75) is 25.8 Å². The monoisotopic (exact) mass is 283 g/mol. The van der Waals surface area contributed by atoms with Crippen LogP contribution in [0.3, 0.4) is 0 Å². The summed E-state index contributed by atoms with van der Waals surface area (Å²) in [7, 11) is 0. The molecule has 0 aliphatic heterocycles. The van der Waals surface area contributed by atoms with Gasteiger partial charge in [0.25, 0.3) is 11.5 Å². The number of hydrogen-bond acceptors (Lipinski definition) is 3. The maximum absolute atomic E-state index is 12.1. The second kappa shape index (κ2) is 5.52. The Morgan fingerprint density at radius 1 is 1.33 bits per heavy atom. The van der Waals surface area contributed by atoms with Gasteiger partial charge in [0.05, 0.1) is 11.4 Å². The van der Waals surface area contributed by atoms with E-state index in [0.717, 1.165) is 12.8 Å². The summed E-state index contributed by atoms with van der Waals surface area (Å²) in [6.45, 7) is 1.98. The molecule has 1 atom stereocenters. The molecule has 108 valence electrons. The fourth-order valence-electron chi connectivity index (χ4n) is 2.32. The molecule has 0 spiro atoms. The number of pyridine rings is 2. The molecule has 1 fully saturated rings. The maximum Gasteiger partial charge on any atom is 0.261 e. The van der Waals surface area contributed by atoms with Crippen LogP contribution in [0.4, 0.5) is 0 Å². The van der Waals surface area contributed by atoms with Crippen molar-refractivity contribution in [2.24, 2.45) is 5.92 Å². The van der Waals surface area contributed by atoms with Crippen molar-refractivity contribution in [3.63, 3.8) is 0 Å². The molecule has 1 saturated carbocycles. The number of rotatable bonds is 4. The van der Waals surface area contributed by atoms with Crippen LogP contribution in [0.2, 0.25) is 0 Å². The van der Waals surface area contributed by atoms with Gasteiger partial charge in [-0.05, 0) is 49.9 Å². The van der Waals surface area contributed by atoms with Crippen LogP contribution in [-0.4, -0.2) is 21.9 Å². The second-order valence-electron chi connectivity index (χ2n) is 5.43. The molecule has 1 aliphatic rings. The zero-order valence-electron chi connectivity index (χ0n) is 11.8. The van der Waals surface area contributed by atoms with E-state index in [1.165, 1.54) is 0 Å². The summed E-state index contributed by atoms with van der Waals surface area (Å²) in [5.41, 5.74) is 1.03. The number of amides is 1. The molecule has 5 heteroatoms. The van der Waals surface area contributed by atoms with Crippen molar-refractivity contribution < 1.29 is 4.79 Å². The summed E-state index contributed by atoms with van der Waals surface area (Å²) in [4.78, 5) is 31.1. The van der Waals surface area contributed by atoms with Crippen LogP contribution < -0.4 is 10.9 Å². The Morgan fingerprint density at radius 2 is 2.14 bits per heavy atom. The summed E-state index contributed by atoms with van der Waals surface area (Å²) in [5, 5.41) is 2.88. The molecule has 1 aliphatic carbocycles. The number of aromatic nitrogens is 2. The van der Waals surface area contributed by atoms with Crippen LogP contribution in [0.5, 0.6) is 0 Å². The number of aromatic amines is 1. The van der Waals surface area contributed by atoms with E-state index < -0.39 is 5.56 Å². The molecule has 21 heavy (non-hydrogen) atoms. The van der Waals surface area contributed by atoms with E-state index in [1.807, 2.05) is 19.1 Å². The molecule has 0 aromatic carbocycles. The highest BCUT2D eigenvalue weighted by Crippen LogP contribution is 2.32. The summed E-state index contributed by atoms with van der Waals surface area (Å²) in [5.74, 6) is 0.240. The molecule has 5 nitrogen and oxygen atoms in total. The topological polar surface area (TPSA) is 74.8 Å². The lowest BCUT2D eigenvalue weighted by Crippen LogP contribution is -2.37. The van der Waals surface area contributed by atoms with E-state index in [0.29, 0.717) is 17.3 Å². The first kappa shape index (κ1) is 13.5. The lowest BCUT2D eigenvalue weighted by molar-refractivity contribution is 0.0934. The van der Waals surface area contributed by atoms with Gasteiger partial charge in [0.1, 0.15) is 5.56 Å². The number of carbonyl (C=O) groups excluding carboxylic acids is 1. The lowest BCUT2D eigenvalue weighted by atomic mass is 10.1. The number of hydrogen-bond donors (Lipinski definition) is 2. The third kappa shape index (κ3) is 3.02. The quantitative estimate of drug-likeness (QED) is 0.900. The van der Waals surface area contributed by atoms with Crippen molar-refractivity contribution in [3.8, 4) is 11.4 Å². The highest BCUT2D eigenvalue weighted by Gasteiger charge is 2.29. The van der Waals surface area contributed by atoms with Gasteiger partial charge >= 0.3 is 0 Å². The zero-order valence-corrected chi connectivity index (χ0v) is 11.8. The highest BCUT2D eigenvalue weighted by molar-refractivity contribution is 5.94. The smallest absolute Gasteiger partial charge is 0.261 e. The van der Waals surface area contributed by atoms with E-state index in [4.69, 9.17) is 0 Å². The van der Waals surface area contributed by atoms with Crippen molar-refractivity contribution in [3.05, 3.63) is 52.4 Å². The maximum atomic E-state index is 12.1. The van der Waals surface area contributed by atoms with Crippen LogP contribution in [0.1, 0.15) is 30.1 Å². The molecular weight excluding hydrogens is 266 g/mol. The fourth-order valence-corrected chi connectivity index (χ4v) is 2.32. The molecule has 0 bridgehead atoms. The largest absolute Gasteiger partial charge is 0.349 e. The molecule has 0 radical (unpaired) electrons. The molecule has 3 rings (SSSR count). The zero-order chi connectivity index (χ0) is 14.8. The van der Waals surface area contributed by atoms with Gasteiger partial charge in [0.2, 0.25) is 0 Å². The molecule has 1 amide bonds. The van der Waals surface area contributed by atoms with E-state index in [2.05, 4.69) is 15.3 Å². The summed E-state index contributed by atoms with van der Waals surface area (Å²) in [6, 6.07) is 8.84. The average Bonchev–Trinajstić information content (AvgIpc) is 3.32. The van der Waals surface area contributed by atoms with E-state index >= 15 is 0 Å². The van der Waals surface area contributed by atoms with E-state index in [1.54, 1.807) is 24.4 Å². The van der Waals surface area contributed by atoms with Crippen molar-refractivity contribution >= 4 is 5.91 Å². The minimum atomic E-state index is -0.390. The molecule has 2 aromatic heterocycles. The van der Waals surface area contributed by atoms with Crippen LogP contribution in [0.15, 0.2) is 41.3 Å². The van der Waals surface area contributed by atoms with Gasteiger partial charge in [-0.15, -0.1) is 0 Å². The first-order chi connectivity index (χ1) is 10.1. The van der Waals surface area contributed by atoms with Gasteiger partial charge in [-0.3, -0.25) is 14.6 Å². The molecule has 0 unspecified atom stereocenters. The third-order valence-electron chi connectivity index (χ3n) is 3.78. The van der Waals surface area contributed by atoms with Crippen molar-refractivity contribution in [1.29, 1.82) is 0 Å². The molecule has 0 saturated heterocycles. The van der Waals surface area contributed by atoms with Gasteiger partial charge in [0.15, 0.2) is 0 Å².